The first-order valence-electron chi connectivity index (χ1n) is 6.89. The van der Waals surface area contributed by atoms with Gasteiger partial charge in [-0.05, 0) is 26.0 Å². The largest absolute Gasteiger partial charge is 0.468 e. The van der Waals surface area contributed by atoms with Crippen LogP contribution in [0.25, 0.3) is 0 Å². The van der Waals surface area contributed by atoms with E-state index in [2.05, 4.69) is 41.9 Å². The fourth-order valence-corrected chi connectivity index (χ4v) is 3.33. The molecule has 1 aliphatic heterocycles. The molecular weight excluding hydrogens is 244 g/mol. The number of hydrogen-bond acceptors (Lipinski definition) is 4. The first-order valence-corrected chi connectivity index (χ1v) is 8.04. The zero-order chi connectivity index (χ0) is 12.8. The van der Waals surface area contributed by atoms with Crippen molar-refractivity contribution in [2.45, 2.75) is 39.4 Å². The van der Waals surface area contributed by atoms with Crippen molar-refractivity contribution in [3.63, 3.8) is 0 Å². The van der Waals surface area contributed by atoms with E-state index in [-0.39, 0.29) is 0 Å². The maximum absolute atomic E-state index is 5.66. The van der Waals surface area contributed by atoms with E-state index in [1.54, 1.807) is 0 Å². The van der Waals surface area contributed by atoms with Gasteiger partial charge in [0.25, 0.3) is 0 Å². The molecular formula is C14H24N2OS. The molecule has 102 valence electrons. The number of nitrogens with zero attached hydrogens (tertiary/aromatic N) is 1. The second-order valence-corrected chi connectivity index (χ2v) is 6.09. The molecule has 4 heteroatoms. The lowest BCUT2D eigenvalue weighted by atomic mass is 10.2. The fraction of sp³-hybridized carbons (Fsp3) is 0.714. The quantitative estimate of drug-likeness (QED) is 0.803. The van der Waals surface area contributed by atoms with Crippen LogP contribution in [0.3, 0.4) is 0 Å². The molecule has 0 aliphatic carbocycles. The van der Waals surface area contributed by atoms with Gasteiger partial charge in [-0.3, -0.25) is 4.90 Å². The Morgan fingerprint density at radius 2 is 2.44 bits per heavy atom. The van der Waals surface area contributed by atoms with Gasteiger partial charge in [0.1, 0.15) is 5.76 Å². The minimum atomic E-state index is 0.658. The standard InChI is InChI=1S/C14H24N2OS/c1-3-5-15-9-13-4-7-17-14(13)10-16-6-8-18-11-12(16)2/h4,7,12,15H,3,5-6,8-11H2,1-2H3. The maximum Gasteiger partial charge on any atom is 0.122 e. The topological polar surface area (TPSA) is 28.4 Å². The Balaban J connectivity index is 1.90. The van der Waals surface area contributed by atoms with Crippen LogP contribution in [0, 0.1) is 0 Å². The highest BCUT2D eigenvalue weighted by Crippen LogP contribution is 2.20. The second-order valence-electron chi connectivity index (χ2n) is 4.94. The van der Waals surface area contributed by atoms with Crippen molar-refractivity contribution in [1.82, 2.24) is 10.2 Å². The summed E-state index contributed by atoms with van der Waals surface area (Å²) in [6, 6.07) is 2.76. The molecule has 1 unspecified atom stereocenters. The van der Waals surface area contributed by atoms with E-state index in [9.17, 15) is 0 Å². The Bertz CT molecular complexity index is 353. The van der Waals surface area contributed by atoms with Crippen LogP contribution in [0.15, 0.2) is 16.7 Å². The lowest BCUT2D eigenvalue weighted by Crippen LogP contribution is -2.39. The van der Waals surface area contributed by atoms with E-state index >= 15 is 0 Å². The molecule has 0 bridgehead atoms. The van der Waals surface area contributed by atoms with E-state index in [0.29, 0.717) is 6.04 Å². The zero-order valence-corrected chi connectivity index (χ0v) is 12.3. The summed E-state index contributed by atoms with van der Waals surface area (Å²) < 4.78 is 5.66. The van der Waals surface area contributed by atoms with Gasteiger partial charge in [0, 0.05) is 36.2 Å². The Morgan fingerprint density at radius 1 is 1.56 bits per heavy atom. The summed E-state index contributed by atoms with van der Waals surface area (Å²) >= 11 is 2.06. The van der Waals surface area contributed by atoms with Crippen LogP contribution in [0.4, 0.5) is 0 Å². The van der Waals surface area contributed by atoms with Crippen molar-refractivity contribution in [3.05, 3.63) is 23.7 Å². The molecule has 2 heterocycles. The molecule has 0 saturated carbocycles. The van der Waals surface area contributed by atoms with Gasteiger partial charge in [-0.25, -0.2) is 0 Å². The van der Waals surface area contributed by atoms with E-state index in [1.165, 1.54) is 30.0 Å². The summed E-state index contributed by atoms with van der Waals surface area (Å²) in [7, 11) is 0. The average Bonchev–Trinajstić information content (AvgIpc) is 2.80. The van der Waals surface area contributed by atoms with Crippen molar-refractivity contribution in [3.8, 4) is 0 Å². The highest BCUT2D eigenvalue weighted by molar-refractivity contribution is 7.99. The Morgan fingerprint density at radius 3 is 3.22 bits per heavy atom. The lowest BCUT2D eigenvalue weighted by Gasteiger charge is -2.32. The summed E-state index contributed by atoms with van der Waals surface area (Å²) in [4.78, 5) is 2.53. The fourth-order valence-electron chi connectivity index (χ4n) is 2.24. The van der Waals surface area contributed by atoms with Crippen LogP contribution >= 0.6 is 11.8 Å². The van der Waals surface area contributed by atoms with Gasteiger partial charge in [0.2, 0.25) is 0 Å². The Hall–Kier alpha value is -0.450. The molecule has 1 aromatic rings. The third kappa shape index (κ3) is 3.77. The van der Waals surface area contributed by atoms with Gasteiger partial charge in [-0.15, -0.1) is 0 Å². The summed E-state index contributed by atoms with van der Waals surface area (Å²) in [6.45, 7) is 8.63. The first kappa shape index (κ1) is 14.0. The number of nitrogens with one attached hydrogen (secondary N) is 1. The molecule has 1 aromatic heterocycles. The van der Waals surface area contributed by atoms with Crippen LogP contribution in [-0.2, 0) is 13.1 Å². The molecule has 2 rings (SSSR count). The second kappa shape index (κ2) is 7.22. The van der Waals surface area contributed by atoms with Crippen LogP contribution in [0.2, 0.25) is 0 Å². The van der Waals surface area contributed by atoms with Gasteiger partial charge >= 0.3 is 0 Å². The minimum absolute atomic E-state index is 0.658. The Kier molecular flexibility index (Phi) is 5.60. The van der Waals surface area contributed by atoms with E-state index in [0.717, 1.165) is 25.4 Å². The van der Waals surface area contributed by atoms with Crippen molar-refractivity contribution in [2.24, 2.45) is 0 Å². The van der Waals surface area contributed by atoms with E-state index in [1.807, 2.05) is 6.26 Å². The number of hydrogen-bond donors (Lipinski definition) is 1. The lowest BCUT2D eigenvalue weighted by molar-refractivity contribution is 0.205. The van der Waals surface area contributed by atoms with Crippen LogP contribution < -0.4 is 5.32 Å². The van der Waals surface area contributed by atoms with Gasteiger partial charge in [0.05, 0.1) is 12.8 Å². The number of furan rings is 1. The maximum atomic E-state index is 5.66. The highest BCUT2D eigenvalue weighted by atomic mass is 32.2. The minimum Gasteiger partial charge on any atom is -0.468 e. The van der Waals surface area contributed by atoms with Crippen LogP contribution in [-0.4, -0.2) is 35.5 Å². The molecule has 1 aliphatic rings. The SMILES string of the molecule is CCCNCc1ccoc1CN1CCSCC1C. The predicted octanol–water partition coefficient (Wildman–Crippen LogP) is 2.72. The summed E-state index contributed by atoms with van der Waals surface area (Å²) in [5.41, 5.74) is 1.31. The average molecular weight is 268 g/mol. The monoisotopic (exact) mass is 268 g/mol. The van der Waals surface area contributed by atoms with Gasteiger partial charge in [-0.1, -0.05) is 6.92 Å². The highest BCUT2D eigenvalue weighted by Gasteiger charge is 2.20. The number of thioether (sulfide) groups is 1. The zero-order valence-electron chi connectivity index (χ0n) is 11.4. The normalized spacial score (nSPS) is 21.3. The smallest absolute Gasteiger partial charge is 0.122 e. The molecule has 1 N–H and O–H groups in total. The molecule has 0 aromatic carbocycles. The molecule has 3 nitrogen and oxygen atoms in total. The molecule has 0 amide bonds. The van der Waals surface area contributed by atoms with E-state index in [4.69, 9.17) is 4.42 Å². The molecule has 0 radical (unpaired) electrons. The summed E-state index contributed by atoms with van der Waals surface area (Å²) in [6.07, 6.45) is 3.00. The van der Waals surface area contributed by atoms with Crippen LogP contribution in [0.1, 0.15) is 31.6 Å². The van der Waals surface area contributed by atoms with Gasteiger partial charge in [-0.2, -0.15) is 11.8 Å². The third-order valence-electron chi connectivity index (χ3n) is 3.43. The molecule has 1 saturated heterocycles. The molecule has 1 fully saturated rings. The van der Waals surface area contributed by atoms with Crippen molar-refractivity contribution >= 4 is 11.8 Å². The van der Waals surface area contributed by atoms with E-state index < -0.39 is 0 Å². The summed E-state index contributed by atoms with van der Waals surface area (Å²) in [5, 5.41) is 3.44. The number of rotatable bonds is 6. The van der Waals surface area contributed by atoms with Crippen LogP contribution in [0.5, 0.6) is 0 Å². The van der Waals surface area contributed by atoms with Crippen molar-refractivity contribution < 1.29 is 4.42 Å². The van der Waals surface area contributed by atoms with Crippen molar-refractivity contribution in [2.75, 3.05) is 24.6 Å². The molecule has 0 spiro atoms. The molecule has 18 heavy (non-hydrogen) atoms. The Labute approximate surface area is 114 Å². The molecule has 1 atom stereocenters. The predicted molar refractivity (Wildman–Crippen MR) is 77.9 cm³/mol. The summed E-state index contributed by atoms with van der Waals surface area (Å²) in [5.74, 6) is 3.62. The van der Waals surface area contributed by atoms with Gasteiger partial charge in [0.15, 0.2) is 0 Å². The third-order valence-corrected chi connectivity index (χ3v) is 4.62. The van der Waals surface area contributed by atoms with Gasteiger partial charge < -0.3 is 9.73 Å². The first-order chi connectivity index (χ1) is 8.81. The van der Waals surface area contributed by atoms with Crippen molar-refractivity contribution in [1.29, 1.82) is 0 Å².